The second-order valence-corrected chi connectivity index (χ2v) is 5.00. The minimum atomic E-state index is -0.814. The van der Waals surface area contributed by atoms with Crippen LogP contribution in [-0.4, -0.2) is 9.55 Å². The van der Waals surface area contributed by atoms with E-state index in [0.717, 1.165) is 6.07 Å². The summed E-state index contributed by atoms with van der Waals surface area (Å²) in [5.74, 6) is -1.46. The first-order valence-electron chi connectivity index (χ1n) is 6.25. The third kappa shape index (κ3) is 2.31. The number of benzene rings is 2. The van der Waals surface area contributed by atoms with Crippen LogP contribution in [0.15, 0.2) is 35.4 Å². The number of nitrogens with one attached hydrogen (secondary N) is 1. The molecule has 22 heavy (non-hydrogen) atoms. The summed E-state index contributed by atoms with van der Waals surface area (Å²) in [5.41, 5.74) is -0.490. The first-order chi connectivity index (χ1) is 10.5. The summed E-state index contributed by atoms with van der Waals surface area (Å²) in [5, 5.41) is 2.37. The molecule has 111 valence electrons. The largest absolute Gasteiger partial charge is 0.349 e. The van der Waals surface area contributed by atoms with Crippen molar-refractivity contribution in [2.45, 2.75) is 0 Å². The Bertz CT molecular complexity index is 920. The van der Waals surface area contributed by atoms with Crippen molar-refractivity contribution >= 4 is 33.9 Å². The quantitative estimate of drug-likeness (QED) is 0.787. The first-order valence-corrected chi connectivity index (χ1v) is 6.63. The second-order valence-electron chi connectivity index (χ2n) is 4.62. The maximum atomic E-state index is 14.6. The van der Waals surface area contributed by atoms with Gasteiger partial charge >= 0.3 is 0 Å². The van der Waals surface area contributed by atoms with Gasteiger partial charge < -0.3 is 9.88 Å². The van der Waals surface area contributed by atoms with Gasteiger partial charge in [0.15, 0.2) is 5.82 Å². The molecule has 3 aromatic rings. The number of nitrogens with zero attached hydrogens (tertiary/aromatic N) is 2. The molecule has 2 aromatic carbocycles. The summed E-state index contributed by atoms with van der Waals surface area (Å²) >= 11 is 5.85. The Morgan fingerprint density at radius 3 is 2.82 bits per heavy atom. The minimum Gasteiger partial charge on any atom is -0.349 e. The molecule has 1 N–H and O–H groups in total. The molecule has 4 nitrogen and oxygen atoms in total. The Morgan fingerprint density at radius 2 is 2.09 bits per heavy atom. The van der Waals surface area contributed by atoms with Crippen LogP contribution in [0.25, 0.3) is 10.9 Å². The molecule has 0 aliphatic rings. The molecule has 7 heteroatoms. The fourth-order valence-electron chi connectivity index (χ4n) is 2.05. The molecule has 0 aliphatic heterocycles. The van der Waals surface area contributed by atoms with Crippen LogP contribution in [0.2, 0.25) is 5.02 Å². The zero-order valence-corrected chi connectivity index (χ0v) is 12.1. The number of aromatic nitrogens is 2. The monoisotopic (exact) mass is 320 g/mol. The Morgan fingerprint density at radius 1 is 1.32 bits per heavy atom. The van der Waals surface area contributed by atoms with Crippen LogP contribution in [0, 0.1) is 17.7 Å². The molecule has 0 unspecified atom stereocenters. The molecule has 1 aromatic heterocycles. The minimum absolute atomic E-state index is 0.0152. The molecule has 1 heterocycles. The van der Waals surface area contributed by atoms with E-state index in [4.69, 9.17) is 11.6 Å². The SMILES string of the molecule is Cn1cnc2ccc(Nc3c(Cl)[c]ccc3F)c(F)c2c1=O. The molecular formula is C15H9ClF2N3O. The number of hydrogen-bond acceptors (Lipinski definition) is 3. The lowest BCUT2D eigenvalue weighted by Crippen LogP contribution is -2.18. The Balaban J connectivity index is 2.19. The lowest BCUT2D eigenvalue weighted by Gasteiger charge is -2.11. The van der Waals surface area contributed by atoms with Crippen molar-refractivity contribution in [2.24, 2.45) is 7.05 Å². The molecule has 1 radical (unpaired) electrons. The van der Waals surface area contributed by atoms with Crippen molar-refractivity contribution in [1.82, 2.24) is 9.55 Å². The Hall–Kier alpha value is -2.47. The third-order valence-electron chi connectivity index (χ3n) is 3.18. The summed E-state index contributed by atoms with van der Waals surface area (Å²) < 4.78 is 29.5. The number of fused-ring (bicyclic) bond motifs is 1. The molecule has 0 amide bonds. The van der Waals surface area contributed by atoms with Gasteiger partial charge in [-0.25, -0.2) is 13.8 Å². The fraction of sp³-hybridized carbons (Fsp3) is 0.0667. The van der Waals surface area contributed by atoms with E-state index in [9.17, 15) is 13.6 Å². The van der Waals surface area contributed by atoms with E-state index in [0.29, 0.717) is 0 Å². The fourth-order valence-corrected chi connectivity index (χ4v) is 2.25. The van der Waals surface area contributed by atoms with Gasteiger partial charge in [0.05, 0.1) is 28.2 Å². The van der Waals surface area contributed by atoms with Crippen LogP contribution in [-0.2, 0) is 7.05 Å². The Kier molecular flexibility index (Phi) is 3.54. The Labute approximate surface area is 129 Å². The lowest BCUT2D eigenvalue weighted by molar-refractivity contribution is 0.628. The molecular weight excluding hydrogens is 312 g/mol. The second kappa shape index (κ2) is 5.38. The van der Waals surface area contributed by atoms with E-state index >= 15 is 0 Å². The zero-order chi connectivity index (χ0) is 15.9. The van der Waals surface area contributed by atoms with E-state index in [2.05, 4.69) is 16.4 Å². The van der Waals surface area contributed by atoms with Crippen molar-refractivity contribution in [3.63, 3.8) is 0 Å². The molecule has 0 fully saturated rings. The normalized spacial score (nSPS) is 10.9. The van der Waals surface area contributed by atoms with Crippen molar-refractivity contribution in [2.75, 3.05) is 5.32 Å². The molecule has 0 spiro atoms. The summed E-state index contributed by atoms with van der Waals surface area (Å²) in [6.45, 7) is 0. The smallest absolute Gasteiger partial charge is 0.263 e. The van der Waals surface area contributed by atoms with Crippen molar-refractivity contribution in [1.29, 1.82) is 0 Å². The van der Waals surface area contributed by atoms with Crippen LogP contribution in [0.4, 0.5) is 20.2 Å². The maximum Gasteiger partial charge on any atom is 0.263 e. The average molecular weight is 321 g/mol. The van der Waals surface area contributed by atoms with Gasteiger partial charge in [-0.05, 0) is 24.3 Å². The summed E-state index contributed by atoms with van der Waals surface area (Å²) in [7, 11) is 1.47. The van der Waals surface area contributed by atoms with Gasteiger partial charge in [-0.2, -0.15) is 0 Å². The van der Waals surface area contributed by atoms with Crippen LogP contribution >= 0.6 is 11.6 Å². The predicted molar refractivity (Wildman–Crippen MR) is 80.5 cm³/mol. The van der Waals surface area contributed by atoms with Crippen molar-refractivity contribution in [3.8, 4) is 0 Å². The molecule has 3 rings (SSSR count). The van der Waals surface area contributed by atoms with Gasteiger partial charge in [-0.15, -0.1) is 0 Å². The average Bonchev–Trinajstić information content (AvgIpc) is 2.49. The summed E-state index contributed by atoms with van der Waals surface area (Å²) in [6.07, 6.45) is 1.31. The highest BCUT2D eigenvalue weighted by molar-refractivity contribution is 6.33. The molecule has 0 saturated heterocycles. The first kappa shape index (κ1) is 14.5. The number of anilines is 2. The van der Waals surface area contributed by atoms with Crippen molar-refractivity contribution < 1.29 is 8.78 Å². The van der Waals surface area contributed by atoms with Gasteiger partial charge in [0.1, 0.15) is 11.2 Å². The van der Waals surface area contributed by atoms with Crippen LogP contribution in [0.1, 0.15) is 0 Å². The highest BCUT2D eigenvalue weighted by Gasteiger charge is 2.15. The topological polar surface area (TPSA) is 46.9 Å². The van der Waals surface area contributed by atoms with Gasteiger partial charge in [0.2, 0.25) is 0 Å². The standard InChI is InChI=1S/C15H9ClF2N3O/c1-21-7-19-10-5-6-11(13(18)12(10)15(21)22)20-14-8(16)3-2-4-9(14)17/h2,4-7,20H,1H3. The highest BCUT2D eigenvalue weighted by atomic mass is 35.5. The molecule has 0 bridgehead atoms. The lowest BCUT2D eigenvalue weighted by atomic mass is 10.2. The number of aryl methyl sites for hydroxylation is 1. The molecule has 0 saturated carbocycles. The highest BCUT2D eigenvalue weighted by Crippen LogP contribution is 2.30. The zero-order valence-electron chi connectivity index (χ0n) is 11.3. The van der Waals surface area contributed by atoms with E-state index in [-0.39, 0.29) is 27.3 Å². The van der Waals surface area contributed by atoms with Gasteiger partial charge in [0, 0.05) is 13.1 Å². The predicted octanol–water partition coefficient (Wildman–Crippen LogP) is 3.41. The molecule has 0 atom stereocenters. The van der Waals surface area contributed by atoms with Crippen LogP contribution < -0.4 is 10.9 Å². The van der Waals surface area contributed by atoms with Gasteiger partial charge in [-0.1, -0.05) is 11.6 Å². The van der Waals surface area contributed by atoms with Gasteiger partial charge in [-0.3, -0.25) is 4.79 Å². The number of halogens is 3. The van der Waals surface area contributed by atoms with E-state index in [1.54, 1.807) is 0 Å². The summed E-state index contributed by atoms with van der Waals surface area (Å²) in [4.78, 5) is 16.0. The van der Waals surface area contributed by atoms with E-state index in [1.807, 2.05) is 0 Å². The van der Waals surface area contributed by atoms with E-state index in [1.165, 1.54) is 36.1 Å². The summed E-state index contributed by atoms with van der Waals surface area (Å²) in [6, 6.07) is 7.91. The van der Waals surface area contributed by atoms with Crippen LogP contribution in [0.5, 0.6) is 0 Å². The maximum absolute atomic E-state index is 14.6. The van der Waals surface area contributed by atoms with E-state index < -0.39 is 17.2 Å². The number of rotatable bonds is 2. The van der Waals surface area contributed by atoms with Gasteiger partial charge in [0.25, 0.3) is 5.56 Å². The molecule has 0 aliphatic carbocycles. The number of hydrogen-bond donors (Lipinski definition) is 1. The third-order valence-corrected chi connectivity index (χ3v) is 3.48. The van der Waals surface area contributed by atoms with Crippen molar-refractivity contribution in [3.05, 3.63) is 63.7 Å². The van der Waals surface area contributed by atoms with Crippen LogP contribution in [0.3, 0.4) is 0 Å².